The van der Waals surface area contributed by atoms with E-state index in [9.17, 15) is 6.57 Å². The standard InChI is InChI=1S/C82H50F3N7/c1-86-80-75(91-76-48-56(71-34-16-30-67(87-71)52-20-6-2-7-21-52)38-42-61(76)62-43-39-57(49-77(62)91)72-35-17-31-68(88-72)53-22-8-3-9-23-53)47-46-65(60-28-14-15-29-66(60)82(83,84)85)81(80)92-78-50-58(73-36-18-32-69(89-73)54-24-10-4-11-25-54)40-44-63(78)64-45-41-59(51-79(64)92)74-37-19-33-70(90-74)55-26-12-5-13-27-55/h2-51H. The molecule has 7 nitrogen and oxygen atoms in total. The third-order valence-corrected chi connectivity index (χ3v) is 17.2. The molecule has 10 aromatic carbocycles. The van der Waals surface area contributed by atoms with Gasteiger partial charge in [0.1, 0.15) is 0 Å². The lowest BCUT2D eigenvalue weighted by Gasteiger charge is -2.22. The van der Waals surface area contributed by atoms with Crippen LogP contribution in [0, 0.1) is 6.57 Å². The highest BCUT2D eigenvalue weighted by Crippen LogP contribution is 2.50. The van der Waals surface area contributed by atoms with E-state index in [-0.39, 0.29) is 22.5 Å². The van der Waals surface area contributed by atoms with E-state index >= 15 is 13.2 Å². The maximum atomic E-state index is 15.8. The van der Waals surface area contributed by atoms with Crippen molar-refractivity contribution in [2.24, 2.45) is 0 Å². The van der Waals surface area contributed by atoms with Gasteiger partial charge >= 0.3 is 6.18 Å². The van der Waals surface area contributed by atoms with Crippen LogP contribution in [0.1, 0.15) is 5.56 Å². The van der Waals surface area contributed by atoms with Gasteiger partial charge in [0.15, 0.2) is 0 Å². The Balaban J connectivity index is 1.01. The summed E-state index contributed by atoms with van der Waals surface area (Å²) in [5.74, 6) is 0. The van der Waals surface area contributed by atoms with Crippen molar-refractivity contribution in [3.8, 4) is 113 Å². The third kappa shape index (κ3) is 9.82. The zero-order chi connectivity index (χ0) is 61.9. The number of benzene rings is 10. The molecule has 0 saturated carbocycles. The second-order valence-corrected chi connectivity index (χ2v) is 22.7. The second-order valence-electron chi connectivity index (χ2n) is 22.7. The Morgan fingerprint density at radius 2 is 0.587 bits per heavy atom. The van der Waals surface area contributed by atoms with Gasteiger partial charge in [0.05, 0.1) is 91.1 Å². The number of fused-ring (bicyclic) bond motifs is 6. The molecule has 0 saturated heterocycles. The van der Waals surface area contributed by atoms with E-state index in [4.69, 9.17) is 19.9 Å². The monoisotopic (exact) mass is 1190 g/mol. The van der Waals surface area contributed by atoms with Gasteiger partial charge in [0.2, 0.25) is 5.69 Å². The summed E-state index contributed by atoms with van der Waals surface area (Å²) in [6.45, 7) is 9.66. The summed E-state index contributed by atoms with van der Waals surface area (Å²) in [6, 6.07) is 97.9. The summed E-state index contributed by atoms with van der Waals surface area (Å²) in [5, 5.41) is 3.43. The molecule has 16 aromatic rings. The lowest BCUT2D eigenvalue weighted by Crippen LogP contribution is -2.09. The molecule has 0 atom stereocenters. The lowest BCUT2D eigenvalue weighted by molar-refractivity contribution is -0.137. The van der Waals surface area contributed by atoms with Crippen molar-refractivity contribution in [2.75, 3.05) is 0 Å². The van der Waals surface area contributed by atoms with Crippen LogP contribution in [0.25, 0.3) is 161 Å². The highest BCUT2D eigenvalue weighted by Gasteiger charge is 2.35. The largest absolute Gasteiger partial charge is 0.417 e. The number of pyridine rings is 4. The zero-order valence-electron chi connectivity index (χ0n) is 49.1. The van der Waals surface area contributed by atoms with Crippen LogP contribution in [0.4, 0.5) is 18.9 Å². The molecular weight excluding hydrogens is 1140 g/mol. The molecular formula is C82H50F3N7. The van der Waals surface area contributed by atoms with Crippen LogP contribution in [-0.4, -0.2) is 29.1 Å². The summed E-state index contributed by atoms with van der Waals surface area (Å²) < 4.78 is 51.6. The number of alkyl halides is 3. The molecule has 0 bridgehead atoms. The summed E-state index contributed by atoms with van der Waals surface area (Å²) in [7, 11) is 0. The van der Waals surface area contributed by atoms with Gasteiger partial charge in [-0.05, 0) is 96.1 Å². The first-order valence-corrected chi connectivity index (χ1v) is 30.2. The molecule has 434 valence electrons. The van der Waals surface area contributed by atoms with Crippen molar-refractivity contribution in [2.45, 2.75) is 6.18 Å². The van der Waals surface area contributed by atoms with Crippen molar-refractivity contribution in [3.05, 3.63) is 320 Å². The summed E-state index contributed by atoms with van der Waals surface area (Å²) in [4.78, 5) is 25.4. The van der Waals surface area contributed by atoms with Gasteiger partial charge in [0.25, 0.3) is 0 Å². The van der Waals surface area contributed by atoms with Crippen molar-refractivity contribution >= 4 is 49.3 Å². The number of aromatic nitrogens is 6. The predicted octanol–water partition coefficient (Wildman–Crippen LogP) is 22.0. The molecule has 6 heterocycles. The van der Waals surface area contributed by atoms with Crippen LogP contribution in [0.3, 0.4) is 0 Å². The number of hydrogen-bond donors (Lipinski definition) is 0. The van der Waals surface area contributed by atoms with Gasteiger partial charge in [-0.1, -0.05) is 218 Å². The third-order valence-electron chi connectivity index (χ3n) is 17.2. The van der Waals surface area contributed by atoms with E-state index in [0.717, 1.165) is 117 Å². The molecule has 0 aliphatic carbocycles. The number of rotatable bonds is 11. The fourth-order valence-corrected chi connectivity index (χ4v) is 12.9. The van der Waals surface area contributed by atoms with Crippen LogP contribution in [0.2, 0.25) is 0 Å². The van der Waals surface area contributed by atoms with Crippen molar-refractivity contribution in [1.29, 1.82) is 0 Å². The smallest absolute Gasteiger partial charge is 0.319 e. The van der Waals surface area contributed by atoms with E-state index in [1.807, 2.05) is 229 Å². The fourth-order valence-electron chi connectivity index (χ4n) is 12.9. The molecule has 0 radical (unpaired) electrons. The maximum absolute atomic E-state index is 15.8. The molecule has 0 aliphatic rings. The normalized spacial score (nSPS) is 11.6. The average molecular weight is 1190 g/mol. The van der Waals surface area contributed by atoms with Crippen molar-refractivity contribution in [3.63, 3.8) is 0 Å². The molecule has 0 fully saturated rings. The van der Waals surface area contributed by atoms with Gasteiger partial charge in [-0.3, -0.25) is 0 Å². The van der Waals surface area contributed by atoms with E-state index in [1.165, 1.54) is 12.1 Å². The Hall–Kier alpha value is -12.3. The van der Waals surface area contributed by atoms with Gasteiger partial charge < -0.3 is 9.13 Å². The molecule has 92 heavy (non-hydrogen) atoms. The van der Waals surface area contributed by atoms with E-state index in [0.29, 0.717) is 28.1 Å². The zero-order valence-corrected chi connectivity index (χ0v) is 49.1. The Bertz CT molecular complexity index is 5300. The van der Waals surface area contributed by atoms with E-state index in [2.05, 4.69) is 57.9 Å². The first-order valence-electron chi connectivity index (χ1n) is 30.2. The molecule has 6 aromatic heterocycles. The SMILES string of the molecule is [C-]#[N+]c1c(-n2c3cc(-c4cccc(-c5ccccc5)n4)ccc3c3ccc(-c4cccc(-c5ccccc5)n4)cc32)ccc(-c2ccccc2C(F)(F)F)c1-n1c2cc(-c3cccc(-c4ccccc4)n3)ccc2c2ccc(-c3cccc(-c4ccccc4)n3)cc21. The van der Waals surface area contributed by atoms with Gasteiger partial charge in [-0.15, -0.1) is 0 Å². The van der Waals surface area contributed by atoms with Crippen LogP contribution < -0.4 is 0 Å². The molecule has 16 rings (SSSR count). The Kier molecular flexibility index (Phi) is 13.6. The second kappa shape index (κ2) is 22.7. The minimum Gasteiger partial charge on any atom is -0.319 e. The number of hydrogen-bond acceptors (Lipinski definition) is 4. The van der Waals surface area contributed by atoms with Crippen LogP contribution >= 0.6 is 0 Å². The van der Waals surface area contributed by atoms with Crippen LogP contribution in [-0.2, 0) is 6.18 Å². The minimum absolute atomic E-state index is 0.0799. The molecule has 0 aliphatic heterocycles. The maximum Gasteiger partial charge on any atom is 0.417 e. The Morgan fingerprint density at radius 1 is 0.283 bits per heavy atom. The van der Waals surface area contributed by atoms with Crippen LogP contribution in [0.15, 0.2) is 303 Å². The number of halogens is 3. The quantitative estimate of drug-likeness (QED) is 0.121. The molecule has 0 N–H and O–H groups in total. The minimum atomic E-state index is -4.77. The van der Waals surface area contributed by atoms with E-state index in [1.54, 1.807) is 12.1 Å². The van der Waals surface area contributed by atoms with Crippen molar-refractivity contribution in [1.82, 2.24) is 29.1 Å². The van der Waals surface area contributed by atoms with Gasteiger partial charge in [-0.2, -0.15) is 13.2 Å². The summed E-state index contributed by atoms with van der Waals surface area (Å²) in [6.07, 6.45) is -4.77. The fraction of sp³-hybridized carbons (Fsp3) is 0.0122. The lowest BCUT2D eigenvalue weighted by atomic mass is 9.95. The highest BCUT2D eigenvalue weighted by molar-refractivity contribution is 6.14. The Labute approximate surface area is 527 Å². The summed E-state index contributed by atoms with van der Waals surface area (Å²) in [5.41, 5.74) is 16.0. The van der Waals surface area contributed by atoms with Gasteiger partial charge in [0, 0.05) is 66.1 Å². The van der Waals surface area contributed by atoms with Gasteiger partial charge in [-0.25, -0.2) is 24.8 Å². The molecule has 10 heteroatoms. The first-order chi connectivity index (χ1) is 45.2. The van der Waals surface area contributed by atoms with E-state index < -0.39 is 11.7 Å². The van der Waals surface area contributed by atoms with Crippen LogP contribution in [0.5, 0.6) is 0 Å². The summed E-state index contributed by atoms with van der Waals surface area (Å²) >= 11 is 0. The molecule has 0 spiro atoms. The van der Waals surface area contributed by atoms with Crippen molar-refractivity contribution < 1.29 is 13.2 Å². The average Bonchev–Trinajstić information content (AvgIpc) is 1.53. The predicted molar refractivity (Wildman–Crippen MR) is 366 cm³/mol. The highest BCUT2D eigenvalue weighted by atomic mass is 19.4. The molecule has 0 amide bonds. The topological polar surface area (TPSA) is 65.8 Å². The molecule has 0 unspecified atom stereocenters. The number of nitrogens with zero attached hydrogens (tertiary/aromatic N) is 7. The Morgan fingerprint density at radius 3 is 0.913 bits per heavy atom. The first kappa shape index (κ1) is 55.0.